The summed E-state index contributed by atoms with van der Waals surface area (Å²) in [6.07, 6.45) is 7.36. The molecule has 116 valence electrons. The first-order valence-corrected chi connectivity index (χ1v) is 9.04. The summed E-state index contributed by atoms with van der Waals surface area (Å²) in [5.41, 5.74) is 0. The monoisotopic (exact) mass is 317 g/mol. The number of halogens is 1. The van der Waals surface area contributed by atoms with Crippen molar-refractivity contribution in [2.24, 2.45) is 5.92 Å². The molecule has 0 spiro atoms. The van der Waals surface area contributed by atoms with E-state index in [2.05, 4.69) is 4.90 Å². The average Bonchev–Trinajstić information content (AvgIpc) is 2.96. The molecule has 1 amide bonds. The van der Waals surface area contributed by atoms with Crippen molar-refractivity contribution in [3.8, 4) is 0 Å². The van der Waals surface area contributed by atoms with Crippen LogP contribution >= 0.6 is 11.3 Å². The van der Waals surface area contributed by atoms with Crippen LogP contribution in [0.5, 0.6) is 0 Å². The molecule has 2 aromatic rings. The summed E-state index contributed by atoms with van der Waals surface area (Å²) in [6, 6.07) is 7.04. The van der Waals surface area contributed by atoms with Crippen molar-refractivity contribution in [3.05, 3.63) is 35.0 Å². The van der Waals surface area contributed by atoms with Gasteiger partial charge in [-0.05, 0) is 61.3 Å². The van der Waals surface area contributed by atoms with E-state index in [-0.39, 0.29) is 11.7 Å². The summed E-state index contributed by atoms with van der Waals surface area (Å²) in [7, 11) is 0. The van der Waals surface area contributed by atoms with Gasteiger partial charge in [-0.3, -0.25) is 4.79 Å². The van der Waals surface area contributed by atoms with Crippen LogP contribution in [0.1, 0.15) is 48.2 Å². The minimum atomic E-state index is -0.241. The molecule has 1 aliphatic carbocycles. The maximum atomic E-state index is 13.3. The van der Waals surface area contributed by atoms with Gasteiger partial charge < -0.3 is 4.90 Å². The number of likely N-dealkylation sites (tertiary alicyclic amines) is 1. The highest BCUT2D eigenvalue weighted by Crippen LogP contribution is 2.37. The van der Waals surface area contributed by atoms with Crippen LogP contribution in [0.4, 0.5) is 4.39 Å². The fraction of sp³-hybridized carbons (Fsp3) is 0.500. The minimum absolute atomic E-state index is 0.151. The molecular weight excluding hydrogens is 297 g/mol. The van der Waals surface area contributed by atoms with Gasteiger partial charge in [0, 0.05) is 17.3 Å². The van der Waals surface area contributed by atoms with Crippen molar-refractivity contribution in [2.45, 2.75) is 44.6 Å². The van der Waals surface area contributed by atoms with Crippen LogP contribution in [-0.2, 0) is 0 Å². The third-order valence-corrected chi connectivity index (χ3v) is 6.30. The first-order valence-electron chi connectivity index (χ1n) is 8.22. The van der Waals surface area contributed by atoms with Gasteiger partial charge in [0.25, 0.3) is 5.91 Å². The van der Waals surface area contributed by atoms with Crippen molar-refractivity contribution in [1.82, 2.24) is 4.90 Å². The Morgan fingerprint density at radius 1 is 1.14 bits per heavy atom. The number of hydrogen-bond donors (Lipinski definition) is 0. The number of amides is 1. The third kappa shape index (κ3) is 2.43. The lowest BCUT2D eigenvalue weighted by Crippen LogP contribution is -2.49. The first-order chi connectivity index (χ1) is 10.7. The number of hydrogen-bond acceptors (Lipinski definition) is 2. The smallest absolute Gasteiger partial charge is 0.264 e. The predicted molar refractivity (Wildman–Crippen MR) is 87.8 cm³/mol. The Kier molecular flexibility index (Phi) is 3.65. The van der Waals surface area contributed by atoms with E-state index < -0.39 is 0 Å². The van der Waals surface area contributed by atoms with Crippen molar-refractivity contribution in [3.63, 3.8) is 0 Å². The number of rotatable bonds is 1. The summed E-state index contributed by atoms with van der Waals surface area (Å²) in [5.74, 6) is 0.603. The van der Waals surface area contributed by atoms with Gasteiger partial charge in [0.1, 0.15) is 5.82 Å². The largest absolute Gasteiger partial charge is 0.335 e. The Morgan fingerprint density at radius 3 is 2.86 bits per heavy atom. The van der Waals surface area contributed by atoms with Crippen LogP contribution in [-0.4, -0.2) is 23.4 Å². The number of carbonyl (C=O) groups excluding carboxylic acids is 1. The number of piperidine rings is 1. The molecule has 1 aromatic carbocycles. The normalized spacial score (nSPS) is 25.2. The van der Waals surface area contributed by atoms with Gasteiger partial charge in [0.15, 0.2) is 0 Å². The van der Waals surface area contributed by atoms with Crippen LogP contribution in [0.2, 0.25) is 0 Å². The molecule has 22 heavy (non-hydrogen) atoms. The maximum absolute atomic E-state index is 13.3. The average molecular weight is 317 g/mol. The molecule has 0 N–H and O–H groups in total. The Hall–Kier alpha value is -1.42. The second-order valence-corrected chi connectivity index (χ2v) is 7.63. The molecule has 1 saturated carbocycles. The van der Waals surface area contributed by atoms with Crippen molar-refractivity contribution < 1.29 is 9.18 Å². The lowest BCUT2D eigenvalue weighted by atomic mass is 9.78. The molecule has 2 atom stereocenters. The molecule has 2 fully saturated rings. The van der Waals surface area contributed by atoms with Crippen LogP contribution in [0.25, 0.3) is 10.1 Å². The molecule has 0 bridgehead atoms. The van der Waals surface area contributed by atoms with E-state index in [1.807, 2.05) is 6.07 Å². The molecule has 2 aliphatic rings. The van der Waals surface area contributed by atoms with Gasteiger partial charge >= 0.3 is 0 Å². The second-order valence-electron chi connectivity index (χ2n) is 6.55. The molecule has 4 heteroatoms. The first kappa shape index (κ1) is 14.2. The molecule has 2 nitrogen and oxygen atoms in total. The van der Waals surface area contributed by atoms with Gasteiger partial charge in [-0.15, -0.1) is 11.3 Å². The topological polar surface area (TPSA) is 20.3 Å². The molecule has 4 rings (SSSR count). The van der Waals surface area contributed by atoms with Crippen molar-refractivity contribution >= 4 is 27.3 Å². The number of fused-ring (bicyclic) bond motifs is 2. The molecule has 0 unspecified atom stereocenters. The quantitative estimate of drug-likeness (QED) is 0.737. The van der Waals surface area contributed by atoms with E-state index in [1.54, 1.807) is 6.07 Å². The molecule has 1 aliphatic heterocycles. The van der Waals surface area contributed by atoms with E-state index in [4.69, 9.17) is 0 Å². The third-order valence-electron chi connectivity index (χ3n) is 5.19. The zero-order chi connectivity index (χ0) is 15.1. The van der Waals surface area contributed by atoms with Gasteiger partial charge in [-0.2, -0.15) is 0 Å². The standard InChI is InChI=1S/C18H20FNOS/c19-14-7-8-16-13(10-14)11-17(22-16)18(21)20-9-3-5-12-4-1-2-6-15(12)20/h7-8,10-12,15H,1-6,9H2/t12-,15-/m0/s1. The number of thiophene rings is 1. The van der Waals surface area contributed by atoms with Crippen LogP contribution in [0.15, 0.2) is 24.3 Å². The van der Waals surface area contributed by atoms with Crippen molar-refractivity contribution in [1.29, 1.82) is 0 Å². The minimum Gasteiger partial charge on any atom is -0.335 e. The summed E-state index contributed by atoms with van der Waals surface area (Å²) < 4.78 is 14.3. The van der Waals surface area contributed by atoms with Gasteiger partial charge in [0.2, 0.25) is 0 Å². The fourth-order valence-corrected chi connectivity index (χ4v) is 5.14. The maximum Gasteiger partial charge on any atom is 0.264 e. The SMILES string of the molecule is O=C(c1cc2cc(F)ccc2s1)N1CCC[C@@H]2CCCC[C@@H]21. The summed E-state index contributed by atoms with van der Waals surface area (Å²) in [4.78, 5) is 15.8. The van der Waals surface area contributed by atoms with E-state index in [0.717, 1.165) is 34.3 Å². The van der Waals surface area contributed by atoms with Gasteiger partial charge in [-0.25, -0.2) is 4.39 Å². The summed E-state index contributed by atoms with van der Waals surface area (Å²) in [6.45, 7) is 0.878. The van der Waals surface area contributed by atoms with Crippen molar-refractivity contribution in [2.75, 3.05) is 6.54 Å². The highest BCUT2D eigenvalue weighted by molar-refractivity contribution is 7.20. The van der Waals surface area contributed by atoms with Crippen LogP contribution in [0, 0.1) is 11.7 Å². The number of benzene rings is 1. The molecule has 2 heterocycles. The Bertz CT molecular complexity index is 708. The fourth-order valence-electron chi connectivity index (χ4n) is 4.14. The number of nitrogens with zero attached hydrogens (tertiary/aromatic N) is 1. The van der Waals surface area contributed by atoms with Crippen LogP contribution in [0.3, 0.4) is 0 Å². The molecule has 1 aromatic heterocycles. The lowest BCUT2D eigenvalue weighted by molar-refractivity contribution is 0.0395. The van der Waals surface area contributed by atoms with Gasteiger partial charge in [0.05, 0.1) is 4.88 Å². The Labute approximate surface area is 133 Å². The van der Waals surface area contributed by atoms with E-state index in [1.165, 1.54) is 49.2 Å². The Morgan fingerprint density at radius 2 is 1.95 bits per heavy atom. The molecule has 1 saturated heterocycles. The predicted octanol–water partition coefficient (Wildman–Crippen LogP) is 4.84. The zero-order valence-corrected chi connectivity index (χ0v) is 13.4. The molecular formula is C18H20FNOS. The van der Waals surface area contributed by atoms with E-state index >= 15 is 0 Å². The van der Waals surface area contributed by atoms with Gasteiger partial charge in [-0.1, -0.05) is 12.8 Å². The zero-order valence-electron chi connectivity index (χ0n) is 12.6. The van der Waals surface area contributed by atoms with Crippen LogP contribution < -0.4 is 0 Å². The second kappa shape index (κ2) is 5.65. The van der Waals surface area contributed by atoms with E-state index in [0.29, 0.717) is 12.0 Å². The summed E-state index contributed by atoms with van der Waals surface area (Å²) in [5, 5.41) is 0.838. The van der Waals surface area contributed by atoms with E-state index in [9.17, 15) is 9.18 Å². The highest BCUT2D eigenvalue weighted by atomic mass is 32.1. The lowest BCUT2D eigenvalue weighted by Gasteiger charge is -2.44. The number of carbonyl (C=O) groups is 1. The molecule has 0 radical (unpaired) electrons. The highest BCUT2D eigenvalue weighted by Gasteiger charge is 2.36. The summed E-state index contributed by atoms with van der Waals surface area (Å²) >= 11 is 1.49. The Balaban J connectivity index is 1.64.